The molecule has 4 rings (SSSR count). The van der Waals surface area contributed by atoms with Crippen molar-refractivity contribution in [3.8, 4) is 0 Å². The zero-order chi connectivity index (χ0) is 32.0. The highest BCUT2D eigenvalue weighted by Crippen LogP contribution is 2.40. The van der Waals surface area contributed by atoms with Gasteiger partial charge in [0.25, 0.3) is 16.6 Å². The summed E-state index contributed by atoms with van der Waals surface area (Å²) in [4.78, 5) is 11.6. The Bertz CT molecular complexity index is 1380. The Labute approximate surface area is 273 Å². The number of aldehydes is 1. The zero-order valence-electron chi connectivity index (χ0n) is 26.5. The van der Waals surface area contributed by atoms with E-state index < -0.39 is 33.7 Å². The Hall–Kier alpha value is -2.69. The number of hydrogen-bond acceptors (Lipinski definition) is 3. The van der Waals surface area contributed by atoms with Crippen LogP contribution in [0.4, 0.5) is 4.39 Å². The standard InChI is InChI=1S/C37H44BrFO3Si2/c1-36(2,3)43(29-19-11-7-12-20-29,30-21-13-8-14-22-30)41-28-33(38)35(34(39)27-40)42-44(37(4,5)6,31-23-15-9-16-24-31)32-25-17-10-18-26-32/h7-27,33-35H,28H2,1-6H3/t33-,34+,35+/m0/s1. The van der Waals surface area contributed by atoms with E-state index in [-0.39, 0.29) is 16.7 Å². The smallest absolute Gasteiger partial charge is 0.261 e. The zero-order valence-corrected chi connectivity index (χ0v) is 30.1. The van der Waals surface area contributed by atoms with Crippen molar-refractivity contribution in [1.29, 1.82) is 0 Å². The van der Waals surface area contributed by atoms with Gasteiger partial charge in [0, 0.05) is 6.61 Å². The molecule has 0 saturated heterocycles. The van der Waals surface area contributed by atoms with Crippen LogP contribution in [-0.2, 0) is 13.6 Å². The second-order valence-electron chi connectivity index (χ2n) is 13.3. The van der Waals surface area contributed by atoms with Crippen LogP contribution in [0.25, 0.3) is 0 Å². The average molecular weight is 692 g/mol. The fraction of sp³-hybridized carbons (Fsp3) is 0.324. The summed E-state index contributed by atoms with van der Waals surface area (Å²) in [5.41, 5.74) is 0. The highest BCUT2D eigenvalue weighted by atomic mass is 79.9. The van der Waals surface area contributed by atoms with Gasteiger partial charge in [-0.3, -0.25) is 0 Å². The Morgan fingerprint density at radius 3 is 1.25 bits per heavy atom. The molecule has 0 aromatic heterocycles. The normalized spacial score (nSPS) is 14.9. The maximum atomic E-state index is 16.0. The van der Waals surface area contributed by atoms with Crippen LogP contribution in [-0.4, -0.2) is 46.6 Å². The first-order chi connectivity index (χ1) is 20.9. The van der Waals surface area contributed by atoms with Crippen LogP contribution in [0.2, 0.25) is 10.1 Å². The molecule has 0 aliphatic rings. The quantitative estimate of drug-likeness (QED) is 0.0931. The molecule has 0 spiro atoms. The lowest BCUT2D eigenvalue weighted by Gasteiger charge is -2.47. The minimum absolute atomic E-state index is 0.157. The third-order valence-corrected chi connectivity index (χ3v) is 19.2. The molecule has 0 unspecified atom stereocenters. The Morgan fingerprint density at radius 2 is 0.955 bits per heavy atom. The first kappa shape index (κ1) is 34.2. The van der Waals surface area contributed by atoms with Crippen LogP contribution < -0.4 is 20.7 Å². The van der Waals surface area contributed by atoms with Crippen molar-refractivity contribution >= 4 is 59.6 Å². The van der Waals surface area contributed by atoms with Crippen molar-refractivity contribution in [1.82, 2.24) is 0 Å². The predicted molar refractivity (Wildman–Crippen MR) is 190 cm³/mol. The summed E-state index contributed by atoms with van der Waals surface area (Å²) in [5.74, 6) is 0. The number of halogens is 2. The lowest BCUT2D eigenvalue weighted by Crippen LogP contribution is -2.70. The van der Waals surface area contributed by atoms with Gasteiger partial charge < -0.3 is 13.6 Å². The number of rotatable bonds is 12. The summed E-state index contributed by atoms with van der Waals surface area (Å²) in [6.45, 7) is 13.2. The van der Waals surface area contributed by atoms with Crippen molar-refractivity contribution < 1.29 is 18.0 Å². The molecule has 0 aliphatic heterocycles. The maximum absolute atomic E-state index is 16.0. The summed E-state index contributed by atoms with van der Waals surface area (Å²) in [6.07, 6.45) is -2.58. The topological polar surface area (TPSA) is 35.5 Å². The number of carbonyl (C=O) groups excluding carboxylic acids is 1. The van der Waals surface area contributed by atoms with E-state index in [0.29, 0.717) is 6.29 Å². The molecule has 3 nitrogen and oxygen atoms in total. The van der Waals surface area contributed by atoms with Gasteiger partial charge in [0.2, 0.25) is 0 Å². The van der Waals surface area contributed by atoms with Gasteiger partial charge in [0.15, 0.2) is 12.5 Å². The summed E-state index contributed by atoms with van der Waals surface area (Å²) in [7, 11) is -6.08. The van der Waals surface area contributed by atoms with Gasteiger partial charge in [-0.25, -0.2) is 4.39 Å². The van der Waals surface area contributed by atoms with Gasteiger partial charge in [0.1, 0.15) is 0 Å². The Balaban J connectivity index is 1.82. The largest absolute Gasteiger partial charge is 0.406 e. The molecular formula is C37H44BrFO3Si2. The van der Waals surface area contributed by atoms with Crippen molar-refractivity contribution in [2.24, 2.45) is 0 Å². The van der Waals surface area contributed by atoms with E-state index in [9.17, 15) is 4.79 Å². The van der Waals surface area contributed by atoms with Crippen molar-refractivity contribution in [2.45, 2.75) is 68.7 Å². The van der Waals surface area contributed by atoms with Crippen LogP contribution in [0.3, 0.4) is 0 Å². The molecule has 232 valence electrons. The lowest BCUT2D eigenvalue weighted by molar-refractivity contribution is -0.115. The number of carbonyl (C=O) groups is 1. The van der Waals surface area contributed by atoms with E-state index in [1.807, 2.05) is 72.8 Å². The lowest BCUT2D eigenvalue weighted by atomic mass is 10.2. The molecule has 44 heavy (non-hydrogen) atoms. The molecular weight excluding hydrogens is 647 g/mol. The molecule has 3 atom stereocenters. The third kappa shape index (κ3) is 6.77. The molecule has 0 amide bonds. The van der Waals surface area contributed by atoms with Gasteiger partial charge in [-0.15, -0.1) is 0 Å². The van der Waals surface area contributed by atoms with Gasteiger partial charge in [-0.05, 0) is 30.8 Å². The fourth-order valence-electron chi connectivity index (χ4n) is 6.37. The van der Waals surface area contributed by atoms with Gasteiger partial charge in [0.05, 0.1) is 10.9 Å². The minimum Gasteiger partial charge on any atom is -0.406 e. The van der Waals surface area contributed by atoms with E-state index in [0.717, 1.165) is 20.7 Å². The van der Waals surface area contributed by atoms with Crippen molar-refractivity contribution in [3.05, 3.63) is 121 Å². The van der Waals surface area contributed by atoms with Crippen molar-refractivity contribution in [3.63, 3.8) is 0 Å². The molecule has 0 N–H and O–H groups in total. The van der Waals surface area contributed by atoms with E-state index in [4.69, 9.17) is 8.85 Å². The molecule has 0 fully saturated rings. The first-order valence-electron chi connectivity index (χ1n) is 15.2. The van der Waals surface area contributed by atoms with E-state index in [2.05, 4.69) is 106 Å². The highest BCUT2D eigenvalue weighted by Gasteiger charge is 2.54. The summed E-state index contributed by atoms with van der Waals surface area (Å²) in [5, 5.41) is 3.67. The molecule has 0 aliphatic carbocycles. The van der Waals surface area contributed by atoms with Crippen molar-refractivity contribution in [2.75, 3.05) is 6.61 Å². The average Bonchev–Trinajstić information content (AvgIpc) is 3.02. The van der Waals surface area contributed by atoms with Crippen LogP contribution in [0.1, 0.15) is 41.5 Å². The predicted octanol–water partition coefficient (Wildman–Crippen LogP) is 6.81. The summed E-state index contributed by atoms with van der Waals surface area (Å²) < 4.78 is 30.3. The van der Waals surface area contributed by atoms with E-state index in [1.165, 1.54) is 0 Å². The molecule has 0 bridgehead atoms. The molecule has 0 radical (unpaired) electrons. The number of benzene rings is 4. The van der Waals surface area contributed by atoms with Crippen LogP contribution in [0.15, 0.2) is 121 Å². The minimum atomic E-state index is -3.17. The third-order valence-electron chi connectivity index (χ3n) is 8.41. The Kier molecular flexibility index (Phi) is 11.0. The molecule has 4 aromatic carbocycles. The van der Waals surface area contributed by atoms with E-state index in [1.54, 1.807) is 0 Å². The van der Waals surface area contributed by atoms with Crippen LogP contribution in [0, 0.1) is 0 Å². The molecule has 0 saturated carbocycles. The Morgan fingerprint density at radius 1 is 0.636 bits per heavy atom. The SMILES string of the molecule is CC(C)(C)[Si](OC[C@H](Br)[C@@H](O[Si](c1ccccc1)(c1ccccc1)C(C)(C)C)[C@H](F)C=O)(c1ccccc1)c1ccccc1. The number of hydrogen-bond donors (Lipinski definition) is 0. The summed E-state index contributed by atoms with van der Waals surface area (Å²) in [6, 6.07) is 40.9. The first-order valence-corrected chi connectivity index (χ1v) is 19.9. The van der Waals surface area contributed by atoms with Crippen LogP contribution in [0.5, 0.6) is 0 Å². The maximum Gasteiger partial charge on any atom is 0.261 e. The molecule has 7 heteroatoms. The van der Waals surface area contributed by atoms with Gasteiger partial charge >= 0.3 is 0 Å². The summed E-state index contributed by atoms with van der Waals surface area (Å²) >= 11 is 3.81. The van der Waals surface area contributed by atoms with Gasteiger partial charge in [-0.2, -0.15) is 0 Å². The number of alkyl halides is 2. The second kappa shape index (κ2) is 14.2. The highest BCUT2D eigenvalue weighted by molar-refractivity contribution is 9.09. The monoisotopic (exact) mass is 690 g/mol. The molecule has 0 heterocycles. The fourth-order valence-corrected chi connectivity index (χ4v) is 16.6. The second-order valence-corrected chi connectivity index (χ2v) is 23.1. The molecule has 4 aromatic rings. The van der Waals surface area contributed by atoms with Gasteiger partial charge in [-0.1, -0.05) is 179 Å². The van der Waals surface area contributed by atoms with Crippen LogP contribution >= 0.6 is 15.9 Å². The van der Waals surface area contributed by atoms with E-state index >= 15 is 4.39 Å².